The van der Waals surface area contributed by atoms with Gasteiger partial charge < -0.3 is 14.2 Å². The van der Waals surface area contributed by atoms with Crippen LogP contribution in [0.4, 0.5) is 4.39 Å². The molecule has 0 heterocycles. The summed E-state index contributed by atoms with van der Waals surface area (Å²) >= 11 is 5.97. The standard InChI is InChI=1S/C34H40ClFO5/c1-4-5-6-7-8-9-10-11-22-39-28-17-12-25(13-18-28)26-14-19-29(20-15-26)40-33(37)27-16-21-31(30(36)23-27)41-34(38)32(35)24(2)3/h12-21,23-24,32H,4-11,22H2,1-3H3. The predicted molar refractivity (Wildman–Crippen MR) is 161 cm³/mol. The van der Waals surface area contributed by atoms with Crippen molar-refractivity contribution in [3.8, 4) is 28.4 Å². The fourth-order valence-corrected chi connectivity index (χ4v) is 4.24. The normalized spacial score (nSPS) is 11.8. The van der Waals surface area contributed by atoms with Gasteiger partial charge in [-0.3, -0.25) is 4.79 Å². The van der Waals surface area contributed by atoms with E-state index in [2.05, 4.69) is 6.92 Å². The van der Waals surface area contributed by atoms with Crippen molar-refractivity contribution in [2.75, 3.05) is 6.61 Å². The molecule has 0 saturated carbocycles. The van der Waals surface area contributed by atoms with E-state index in [1.54, 1.807) is 26.0 Å². The topological polar surface area (TPSA) is 61.8 Å². The van der Waals surface area contributed by atoms with Crippen LogP contribution in [0.3, 0.4) is 0 Å². The minimum atomic E-state index is -0.905. The first kappa shape index (κ1) is 32.1. The monoisotopic (exact) mass is 582 g/mol. The van der Waals surface area contributed by atoms with Crippen molar-refractivity contribution in [3.63, 3.8) is 0 Å². The molecule has 0 amide bonds. The van der Waals surface area contributed by atoms with Crippen LogP contribution in [0, 0.1) is 11.7 Å². The minimum Gasteiger partial charge on any atom is -0.494 e. The van der Waals surface area contributed by atoms with Crippen molar-refractivity contribution in [2.45, 2.75) is 77.5 Å². The second-order valence-electron chi connectivity index (χ2n) is 10.5. The molecule has 0 N–H and O–H groups in total. The number of hydrogen-bond donors (Lipinski definition) is 0. The molecule has 0 aromatic heterocycles. The van der Waals surface area contributed by atoms with Crippen LogP contribution in [0.1, 0.15) is 82.5 Å². The first-order valence-corrected chi connectivity index (χ1v) is 14.9. The molecule has 0 saturated heterocycles. The summed E-state index contributed by atoms with van der Waals surface area (Å²) in [6.07, 6.45) is 10.1. The van der Waals surface area contributed by atoms with Gasteiger partial charge in [0, 0.05) is 0 Å². The van der Waals surface area contributed by atoms with E-state index in [0.717, 1.165) is 36.0 Å². The highest BCUT2D eigenvalue weighted by Crippen LogP contribution is 2.26. The number of rotatable bonds is 16. The second kappa shape index (κ2) is 16.8. The van der Waals surface area contributed by atoms with Crippen LogP contribution >= 0.6 is 11.6 Å². The third-order valence-corrected chi connectivity index (χ3v) is 7.39. The number of esters is 2. The number of halogens is 2. The summed E-state index contributed by atoms with van der Waals surface area (Å²) in [7, 11) is 0. The molecular formula is C34H40ClFO5. The van der Waals surface area contributed by atoms with Gasteiger partial charge in [0.25, 0.3) is 0 Å². The lowest BCUT2D eigenvalue weighted by molar-refractivity contribution is -0.134. The van der Waals surface area contributed by atoms with Gasteiger partial charge >= 0.3 is 11.9 Å². The van der Waals surface area contributed by atoms with E-state index in [4.69, 9.17) is 25.8 Å². The molecule has 220 valence electrons. The highest BCUT2D eigenvalue weighted by molar-refractivity contribution is 6.30. The quantitative estimate of drug-likeness (QED) is 0.0728. The molecule has 0 aliphatic rings. The Kier molecular flexibility index (Phi) is 13.2. The lowest BCUT2D eigenvalue weighted by Gasteiger charge is -2.13. The number of benzene rings is 3. The van der Waals surface area contributed by atoms with E-state index in [1.165, 1.54) is 57.1 Å². The molecule has 3 aromatic carbocycles. The zero-order valence-corrected chi connectivity index (χ0v) is 24.9. The number of alkyl halides is 1. The lowest BCUT2D eigenvalue weighted by Crippen LogP contribution is -2.25. The van der Waals surface area contributed by atoms with Crippen LogP contribution in [-0.4, -0.2) is 23.9 Å². The van der Waals surface area contributed by atoms with Crippen molar-refractivity contribution < 1.29 is 28.2 Å². The Hall–Kier alpha value is -3.38. The summed E-state index contributed by atoms with van der Waals surface area (Å²) in [5, 5.41) is -0.905. The number of ether oxygens (including phenoxy) is 3. The predicted octanol–water partition coefficient (Wildman–Crippen LogP) is 9.40. The Morgan fingerprint density at radius 3 is 1.88 bits per heavy atom. The average Bonchev–Trinajstić information content (AvgIpc) is 2.97. The van der Waals surface area contributed by atoms with Gasteiger partial charge in [-0.2, -0.15) is 0 Å². The molecule has 3 rings (SSSR count). The molecule has 0 spiro atoms. The van der Waals surface area contributed by atoms with Gasteiger partial charge in [-0.05, 0) is 65.9 Å². The van der Waals surface area contributed by atoms with Crippen molar-refractivity contribution >= 4 is 23.5 Å². The molecule has 0 radical (unpaired) electrons. The van der Waals surface area contributed by atoms with Crippen LogP contribution in [0.2, 0.25) is 0 Å². The number of hydrogen-bond acceptors (Lipinski definition) is 5. The first-order chi connectivity index (χ1) is 19.8. The maximum atomic E-state index is 14.5. The third kappa shape index (κ3) is 10.5. The summed E-state index contributed by atoms with van der Waals surface area (Å²) in [4.78, 5) is 24.6. The summed E-state index contributed by atoms with van der Waals surface area (Å²) in [5.74, 6) is -1.65. The minimum absolute atomic E-state index is 0.0137. The van der Waals surface area contributed by atoms with Crippen molar-refractivity contribution in [1.29, 1.82) is 0 Å². The Morgan fingerprint density at radius 1 is 0.756 bits per heavy atom. The molecule has 0 aliphatic carbocycles. The van der Waals surface area contributed by atoms with Crippen LogP contribution in [-0.2, 0) is 4.79 Å². The van der Waals surface area contributed by atoms with E-state index in [0.29, 0.717) is 5.75 Å². The van der Waals surface area contributed by atoms with Crippen molar-refractivity contribution in [3.05, 3.63) is 78.1 Å². The Balaban J connectivity index is 1.46. The van der Waals surface area contributed by atoms with E-state index in [1.807, 2.05) is 36.4 Å². The van der Waals surface area contributed by atoms with Crippen LogP contribution in [0.15, 0.2) is 66.7 Å². The summed E-state index contributed by atoms with van der Waals surface area (Å²) in [6.45, 7) is 6.47. The Labute approximate surface area is 248 Å². The van der Waals surface area contributed by atoms with Gasteiger partial charge in [0.1, 0.15) is 16.9 Å². The summed E-state index contributed by atoms with van der Waals surface area (Å²) < 4.78 is 30.8. The van der Waals surface area contributed by atoms with E-state index < -0.39 is 23.1 Å². The zero-order valence-electron chi connectivity index (χ0n) is 24.2. The van der Waals surface area contributed by atoms with Crippen LogP contribution in [0.25, 0.3) is 11.1 Å². The number of unbranched alkanes of at least 4 members (excludes halogenated alkanes) is 7. The maximum Gasteiger partial charge on any atom is 0.343 e. The lowest BCUT2D eigenvalue weighted by atomic mass is 10.1. The largest absolute Gasteiger partial charge is 0.494 e. The van der Waals surface area contributed by atoms with Crippen molar-refractivity contribution in [1.82, 2.24) is 0 Å². The molecule has 41 heavy (non-hydrogen) atoms. The van der Waals surface area contributed by atoms with Gasteiger partial charge in [0.15, 0.2) is 11.6 Å². The van der Waals surface area contributed by atoms with E-state index >= 15 is 0 Å². The summed E-state index contributed by atoms with van der Waals surface area (Å²) in [5.41, 5.74) is 1.95. The molecule has 7 heteroatoms. The Bertz CT molecular complexity index is 1240. The highest BCUT2D eigenvalue weighted by atomic mass is 35.5. The molecule has 0 aliphatic heterocycles. The average molecular weight is 583 g/mol. The number of carbonyl (C=O) groups excluding carboxylic acids is 2. The smallest absolute Gasteiger partial charge is 0.343 e. The molecule has 3 aromatic rings. The molecule has 0 bridgehead atoms. The molecule has 1 unspecified atom stereocenters. The SMILES string of the molecule is CCCCCCCCCCOc1ccc(-c2ccc(OC(=O)c3ccc(OC(=O)C(Cl)C(C)C)c(F)c3)cc2)cc1. The molecule has 5 nitrogen and oxygen atoms in total. The first-order valence-electron chi connectivity index (χ1n) is 14.5. The highest BCUT2D eigenvalue weighted by Gasteiger charge is 2.23. The van der Waals surface area contributed by atoms with Gasteiger partial charge in [-0.1, -0.05) is 90.0 Å². The van der Waals surface area contributed by atoms with E-state index in [9.17, 15) is 14.0 Å². The molecular weight excluding hydrogens is 543 g/mol. The summed E-state index contributed by atoms with van der Waals surface area (Å²) in [6, 6.07) is 18.5. The molecule has 0 fully saturated rings. The fraction of sp³-hybridized carbons (Fsp3) is 0.412. The van der Waals surface area contributed by atoms with Crippen LogP contribution in [0.5, 0.6) is 17.2 Å². The van der Waals surface area contributed by atoms with Crippen molar-refractivity contribution in [2.24, 2.45) is 5.92 Å². The van der Waals surface area contributed by atoms with Gasteiger partial charge in [-0.25, -0.2) is 9.18 Å². The second-order valence-corrected chi connectivity index (χ2v) is 10.9. The van der Waals surface area contributed by atoms with Gasteiger partial charge in [0.2, 0.25) is 0 Å². The molecule has 1 atom stereocenters. The van der Waals surface area contributed by atoms with Gasteiger partial charge in [-0.15, -0.1) is 11.6 Å². The third-order valence-electron chi connectivity index (χ3n) is 6.71. The van der Waals surface area contributed by atoms with E-state index in [-0.39, 0.29) is 17.2 Å². The number of carbonyl (C=O) groups is 2. The van der Waals surface area contributed by atoms with Crippen LogP contribution < -0.4 is 14.2 Å². The maximum absolute atomic E-state index is 14.5. The Morgan fingerprint density at radius 2 is 1.32 bits per heavy atom. The fourth-order valence-electron chi connectivity index (χ4n) is 4.20. The zero-order chi connectivity index (χ0) is 29.6. The van der Waals surface area contributed by atoms with Gasteiger partial charge in [0.05, 0.1) is 12.2 Å².